The van der Waals surface area contributed by atoms with Gasteiger partial charge in [-0.15, -0.1) is 0 Å². The maximum absolute atomic E-state index is 3.55. The van der Waals surface area contributed by atoms with Crippen LogP contribution in [0.1, 0.15) is 49.3 Å². The molecule has 1 atom stereocenters. The van der Waals surface area contributed by atoms with E-state index in [1.807, 2.05) is 0 Å². The molecular weight excluding hydrogens is 256 g/mol. The zero-order chi connectivity index (χ0) is 15.4. The SMILES string of the molecule is Cc1cc(CNCC(C)C)c(C)n1C(C)c1ccccc1. The molecule has 0 fully saturated rings. The van der Waals surface area contributed by atoms with Crippen molar-refractivity contribution in [2.24, 2.45) is 5.92 Å². The molecule has 1 unspecified atom stereocenters. The molecule has 2 rings (SSSR count). The molecule has 0 saturated heterocycles. The van der Waals surface area contributed by atoms with Gasteiger partial charge in [0.1, 0.15) is 0 Å². The van der Waals surface area contributed by atoms with E-state index in [1.54, 1.807) is 0 Å². The van der Waals surface area contributed by atoms with Gasteiger partial charge in [-0.25, -0.2) is 0 Å². The van der Waals surface area contributed by atoms with Crippen molar-refractivity contribution in [3.63, 3.8) is 0 Å². The fourth-order valence-electron chi connectivity index (χ4n) is 3.00. The molecule has 0 aliphatic carbocycles. The van der Waals surface area contributed by atoms with Gasteiger partial charge in [-0.1, -0.05) is 44.2 Å². The summed E-state index contributed by atoms with van der Waals surface area (Å²) in [4.78, 5) is 0. The highest BCUT2D eigenvalue weighted by atomic mass is 15.0. The highest BCUT2D eigenvalue weighted by Gasteiger charge is 2.15. The maximum Gasteiger partial charge on any atom is 0.0556 e. The van der Waals surface area contributed by atoms with E-state index >= 15 is 0 Å². The molecule has 114 valence electrons. The van der Waals surface area contributed by atoms with E-state index in [0.717, 1.165) is 13.1 Å². The molecule has 1 heterocycles. The monoisotopic (exact) mass is 284 g/mol. The Morgan fingerprint density at radius 3 is 2.33 bits per heavy atom. The molecule has 0 saturated carbocycles. The summed E-state index contributed by atoms with van der Waals surface area (Å²) in [6.07, 6.45) is 0. The van der Waals surface area contributed by atoms with Crippen molar-refractivity contribution in [1.82, 2.24) is 9.88 Å². The summed E-state index contributed by atoms with van der Waals surface area (Å²) in [6.45, 7) is 13.2. The van der Waals surface area contributed by atoms with Crippen LogP contribution < -0.4 is 5.32 Å². The molecule has 0 bridgehead atoms. The number of rotatable bonds is 6. The minimum atomic E-state index is 0.380. The standard InChI is InChI=1S/C19H28N2/c1-14(2)12-20-13-19-11-15(3)21(17(19)5)16(4)18-9-7-6-8-10-18/h6-11,14,16,20H,12-13H2,1-5H3. The molecule has 1 aromatic heterocycles. The van der Waals surface area contributed by atoms with E-state index in [0.29, 0.717) is 12.0 Å². The lowest BCUT2D eigenvalue weighted by molar-refractivity contribution is 0.548. The van der Waals surface area contributed by atoms with Crippen molar-refractivity contribution in [3.05, 3.63) is 58.9 Å². The molecule has 0 aliphatic rings. The third-order valence-electron chi connectivity index (χ3n) is 4.13. The Morgan fingerprint density at radius 1 is 1.05 bits per heavy atom. The number of hydrogen-bond donors (Lipinski definition) is 1. The lowest BCUT2D eigenvalue weighted by atomic mass is 10.1. The van der Waals surface area contributed by atoms with Crippen LogP contribution in [0.5, 0.6) is 0 Å². The first-order valence-electron chi connectivity index (χ1n) is 7.93. The van der Waals surface area contributed by atoms with E-state index in [1.165, 1.54) is 22.5 Å². The lowest BCUT2D eigenvalue weighted by Gasteiger charge is -2.19. The highest BCUT2D eigenvalue weighted by molar-refractivity contribution is 5.30. The second-order valence-electron chi connectivity index (χ2n) is 6.38. The Labute approximate surface area is 129 Å². The molecule has 0 spiro atoms. The van der Waals surface area contributed by atoms with Crippen LogP contribution in [0.15, 0.2) is 36.4 Å². The number of benzene rings is 1. The summed E-state index contributed by atoms with van der Waals surface area (Å²) in [6, 6.07) is 13.4. The van der Waals surface area contributed by atoms with Crippen LogP contribution in [0, 0.1) is 19.8 Å². The third-order valence-corrected chi connectivity index (χ3v) is 4.13. The predicted molar refractivity (Wildman–Crippen MR) is 90.7 cm³/mol. The van der Waals surface area contributed by atoms with Gasteiger partial charge >= 0.3 is 0 Å². The Morgan fingerprint density at radius 2 is 1.71 bits per heavy atom. The minimum Gasteiger partial charge on any atom is -0.342 e. The van der Waals surface area contributed by atoms with Crippen LogP contribution in [0.25, 0.3) is 0 Å². The van der Waals surface area contributed by atoms with Gasteiger partial charge < -0.3 is 9.88 Å². The summed E-state index contributed by atoms with van der Waals surface area (Å²) in [5, 5.41) is 3.55. The summed E-state index contributed by atoms with van der Waals surface area (Å²) in [7, 11) is 0. The molecule has 1 aromatic carbocycles. The lowest BCUT2D eigenvalue weighted by Crippen LogP contribution is -2.19. The average molecular weight is 284 g/mol. The maximum atomic E-state index is 3.55. The van der Waals surface area contributed by atoms with Crippen LogP contribution in [0.2, 0.25) is 0 Å². The molecule has 2 heteroatoms. The van der Waals surface area contributed by atoms with Crippen LogP contribution in [0.4, 0.5) is 0 Å². The number of aryl methyl sites for hydroxylation is 1. The second kappa shape index (κ2) is 6.95. The van der Waals surface area contributed by atoms with Crippen LogP contribution in [-0.2, 0) is 6.54 Å². The van der Waals surface area contributed by atoms with Crippen molar-refractivity contribution in [1.29, 1.82) is 0 Å². The van der Waals surface area contributed by atoms with E-state index in [2.05, 4.69) is 80.9 Å². The largest absolute Gasteiger partial charge is 0.342 e. The van der Waals surface area contributed by atoms with Gasteiger partial charge in [0.15, 0.2) is 0 Å². The highest BCUT2D eigenvalue weighted by Crippen LogP contribution is 2.25. The van der Waals surface area contributed by atoms with Gasteiger partial charge in [0.25, 0.3) is 0 Å². The first-order chi connectivity index (χ1) is 10.0. The molecule has 0 amide bonds. The third kappa shape index (κ3) is 3.76. The summed E-state index contributed by atoms with van der Waals surface area (Å²) >= 11 is 0. The van der Waals surface area contributed by atoms with Gasteiger partial charge in [0.05, 0.1) is 6.04 Å². The van der Waals surface area contributed by atoms with Crippen molar-refractivity contribution in [2.75, 3.05) is 6.54 Å². The normalized spacial score (nSPS) is 12.9. The molecule has 0 radical (unpaired) electrons. The first-order valence-corrected chi connectivity index (χ1v) is 7.93. The molecule has 1 N–H and O–H groups in total. The Kier molecular flexibility index (Phi) is 5.24. The molecular formula is C19H28N2. The van der Waals surface area contributed by atoms with Gasteiger partial charge in [-0.05, 0) is 50.4 Å². The van der Waals surface area contributed by atoms with Crippen LogP contribution >= 0.6 is 0 Å². The first kappa shape index (κ1) is 15.8. The van der Waals surface area contributed by atoms with Gasteiger partial charge in [-0.3, -0.25) is 0 Å². The summed E-state index contributed by atoms with van der Waals surface area (Å²) in [5.41, 5.74) is 5.49. The number of hydrogen-bond acceptors (Lipinski definition) is 1. The molecule has 2 aromatic rings. The second-order valence-corrected chi connectivity index (χ2v) is 6.38. The van der Waals surface area contributed by atoms with Crippen molar-refractivity contribution >= 4 is 0 Å². The summed E-state index contributed by atoms with van der Waals surface area (Å²) in [5.74, 6) is 0.691. The van der Waals surface area contributed by atoms with E-state index in [-0.39, 0.29) is 0 Å². The average Bonchev–Trinajstić information content (AvgIpc) is 2.73. The van der Waals surface area contributed by atoms with Gasteiger partial charge in [0, 0.05) is 17.9 Å². The minimum absolute atomic E-state index is 0.380. The Bertz CT molecular complexity index is 567. The molecule has 2 nitrogen and oxygen atoms in total. The number of aromatic nitrogens is 1. The number of nitrogens with zero attached hydrogens (tertiary/aromatic N) is 1. The summed E-state index contributed by atoms with van der Waals surface area (Å²) < 4.78 is 2.45. The van der Waals surface area contributed by atoms with Crippen molar-refractivity contribution in [2.45, 2.75) is 47.2 Å². The fourth-order valence-corrected chi connectivity index (χ4v) is 3.00. The number of nitrogens with one attached hydrogen (secondary N) is 1. The van der Waals surface area contributed by atoms with Gasteiger partial charge in [-0.2, -0.15) is 0 Å². The zero-order valence-corrected chi connectivity index (χ0v) is 14.0. The van der Waals surface area contributed by atoms with Gasteiger partial charge in [0.2, 0.25) is 0 Å². The smallest absolute Gasteiger partial charge is 0.0556 e. The van der Waals surface area contributed by atoms with Crippen molar-refractivity contribution < 1.29 is 0 Å². The molecule has 21 heavy (non-hydrogen) atoms. The molecule has 0 aliphatic heterocycles. The van der Waals surface area contributed by atoms with Crippen LogP contribution in [0.3, 0.4) is 0 Å². The fraction of sp³-hybridized carbons (Fsp3) is 0.474. The van der Waals surface area contributed by atoms with E-state index < -0.39 is 0 Å². The Hall–Kier alpha value is -1.54. The Balaban J connectivity index is 2.19. The predicted octanol–water partition coefficient (Wildman–Crippen LogP) is 4.46. The van der Waals surface area contributed by atoms with Crippen LogP contribution in [-0.4, -0.2) is 11.1 Å². The van der Waals surface area contributed by atoms with E-state index in [4.69, 9.17) is 0 Å². The quantitative estimate of drug-likeness (QED) is 0.828. The topological polar surface area (TPSA) is 17.0 Å². The zero-order valence-electron chi connectivity index (χ0n) is 14.0. The van der Waals surface area contributed by atoms with Crippen molar-refractivity contribution in [3.8, 4) is 0 Å². The van der Waals surface area contributed by atoms with E-state index in [9.17, 15) is 0 Å².